The smallest absolute Gasteiger partial charge is 0.225 e. The lowest BCUT2D eigenvalue weighted by molar-refractivity contribution is -0.136. The Hall–Kier alpha value is -1.14. The Kier molecular flexibility index (Phi) is 4.68. The average molecular weight is 323 g/mol. The van der Waals surface area contributed by atoms with Crippen molar-refractivity contribution in [2.24, 2.45) is 11.8 Å². The van der Waals surface area contributed by atoms with Gasteiger partial charge in [0.15, 0.2) is 5.13 Å². The number of hydrogen-bond acceptors (Lipinski definition) is 5. The highest BCUT2D eigenvalue weighted by Gasteiger charge is 2.33. The van der Waals surface area contributed by atoms with E-state index in [0.29, 0.717) is 12.5 Å². The molecule has 1 atom stereocenters. The summed E-state index contributed by atoms with van der Waals surface area (Å²) >= 11 is 1.68. The van der Waals surface area contributed by atoms with Gasteiger partial charge in [0, 0.05) is 38.0 Å². The minimum atomic E-state index is -0.340. The van der Waals surface area contributed by atoms with Crippen LogP contribution in [0.4, 0.5) is 5.13 Å². The van der Waals surface area contributed by atoms with Gasteiger partial charge in [-0.1, -0.05) is 0 Å². The topological polar surface area (TPSA) is 56.7 Å². The van der Waals surface area contributed by atoms with Crippen molar-refractivity contribution < 1.29 is 9.90 Å². The molecule has 1 aliphatic heterocycles. The van der Waals surface area contributed by atoms with Gasteiger partial charge in [0.2, 0.25) is 5.91 Å². The highest BCUT2D eigenvalue weighted by molar-refractivity contribution is 7.13. The predicted molar refractivity (Wildman–Crippen MR) is 88.2 cm³/mol. The molecule has 2 aliphatic rings. The van der Waals surface area contributed by atoms with Crippen LogP contribution in [-0.2, 0) is 4.79 Å². The van der Waals surface area contributed by atoms with Crippen molar-refractivity contribution in [3.8, 4) is 0 Å². The Bertz CT molecular complexity index is 521. The zero-order chi connectivity index (χ0) is 15.7. The zero-order valence-corrected chi connectivity index (χ0v) is 14.2. The number of amides is 1. The van der Waals surface area contributed by atoms with Crippen LogP contribution in [0.3, 0.4) is 0 Å². The average Bonchev–Trinajstić information content (AvgIpc) is 3.28. The van der Waals surface area contributed by atoms with Crippen molar-refractivity contribution in [2.45, 2.75) is 38.7 Å². The number of rotatable bonds is 5. The molecule has 5 nitrogen and oxygen atoms in total. The number of aryl methyl sites for hydroxylation is 1. The van der Waals surface area contributed by atoms with E-state index < -0.39 is 0 Å². The van der Waals surface area contributed by atoms with Gasteiger partial charge in [0.1, 0.15) is 0 Å². The lowest BCUT2D eigenvalue weighted by atomic mass is 9.95. The number of aliphatic hydroxyl groups is 1. The second-order valence-corrected chi connectivity index (χ2v) is 7.49. The minimum Gasteiger partial charge on any atom is -0.391 e. The number of nitrogens with zero attached hydrogens (tertiary/aromatic N) is 3. The first-order valence-corrected chi connectivity index (χ1v) is 9.02. The molecule has 1 aromatic heterocycles. The largest absolute Gasteiger partial charge is 0.391 e. The maximum Gasteiger partial charge on any atom is 0.225 e. The fourth-order valence-electron chi connectivity index (χ4n) is 3.12. The van der Waals surface area contributed by atoms with Crippen LogP contribution in [0, 0.1) is 18.8 Å². The van der Waals surface area contributed by atoms with E-state index in [-0.39, 0.29) is 17.9 Å². The minimum absolute atomic E-state index is 0.0914. The molecule has 1 unspecified atom stereocenters. The summed E-state index contributed by atoms with van der Waals surface area (Å²) in [7, 11) is 1.82. The SMILES string of the molecule is Cc1csc(N2CCC(C(=O)N(C)CC(O)C3CC3)CC2)n1. The number of hydrogen-bond donors (Lipinski definition) is 1. The molecule has 6 heteroatoms. The van der Waals surface area contributed by atoms with E-state index in [9.17, 15) is 9.90 Å². The molecule has 1 aliphatic carbocycles. The Morgan fingerprint density at radius 1 is 1.45 bits per heavy atom. The molecule has 22 heavy (non-hydrogen) atoms. The molecule has 0 bridgehead atoms. The van der Waals surface area contributed by atoms with Crippen LogP contribution < -0.4 is 4.90 Å². The van der Waals surface area contributed by atoms with E-state index in [1.165, 1.54) is 0 Å². The number of likely N-dealkylation sites (N-methyl/N-ethyl adjacent to an activating group) is 1. The number of carbonyl (C=O) groups excluding carboxylic acids is 1. The molecule has 1 aromatic rings. The number of anilines is 1. The van der Waals surface area contributed by atoms with Gasteiger partial charge >= 0.3 is 0 Å². The molecule has 1 amide bonds. The third-order valence-electron chi connectivity index (χ3n) is 4.72. The highest BCUT2D eigenvalue weighted by atomic mass is 32.1. The number of piperidine rings is 1. The summed E-state index contributed by atoms with van der Waals surface area (Å²) in [6, 6.07) is 0. The zero-order valence-electron chi connectivity index (χ0n) is 13.4. The Morgan fingerprint density at radius 3 is 2.68 bits per heavy atom. The van der Waals surface area contributed by atoms with E-state index in [2.05, 4.69) is 15.3 Å². The Morgan fingerprint density at radius 2 is 2.14 bits per heavy atom. The molecule has 0 spiro atoms. The van der Waals surface area contributed by atoms with Gasteiger partial charge in [0.25, 0.3) is 0 Å². The molecule has 1 saturated carbocycles. The van der Waals surface area contributed by atoms with Crippen molar-refractivity contribution in [2.75, 3.05) is 31.6 Å². The monoisotopic (exact) mass is 323 g/mol. The first-order chi connectivity index (χ1) is 10.5. The Labute approximate surface area is 135 Å². The molecule has 122 valence electrons. The van der Waals surface area contributed by atoms with Gasteiger partial charge in [-0.15, -0.1) is 11.3 Å². The maximum absolute atomic E-state index is 12.5. The summed E-state index contributed by atoms with van der Waals surface area (Å²) in [5.41, 5.74) is 1.06. The summed E-state index contributed by atoms with van der Waals surface area (Å²) < 4.78 is 0. The summed E-state index contributed by atoms with van der Waals surface area (Å²) in [6.45, 7) is 4.27. The third kappa shape index (κ3) is 3.60. The second-order valence-electron chi connectivity index (χ2n) is 6.66. The molecule has 1 N–H and O–H groups in total. The standard InChI is InChI=1S/C16H25N3O2S/c1-11-10-22-16(17-11)19-7-5-13(6-8-19)15(21)18(2)9-14(20)12-3-4-12/h10,12-14,20H,3-9H2,1-2H3. The van der Waals surface area contributed by atoms with Gasteiger partial charge in [0.05, 0.1) is 11.8 Å². The van der Waals surface area contributed by atoms with Crippen LogP contribution in [-0.4, -0.2) is 53.7 Å². The van der Waals surface area contributed by atoms with Gasteiger partial charge in [-0.2, -0.15) is 0 Å². The van der Waals surface area contributed by atoms with Crippen molar-refractivity contribution in [1.82, 2.24) is 9.88 Å². The number of carbonyl (C=O) groups is 1. The van der Waals surface area contributed by atoms with Crippen molar-refractivity contribution in [3.05, 3.63) is 11.1 Å². The van der Waals surface area contributed by atoms with Crippen LogP contribution in [0.25, 0.3) is 0 Å². The Balaban J connectivity index is 1.48. The molecular formula is C16H25N3O2S. The maximum atomic E-state index is 12.5. The molecule has 2 fully saturated rings. The number of thiazole rings is 1. The predicted octanol–water partition coefficient (Wildman–Crippen LogP) is 1.90. The fourth-order valence-corrected chi connectivity index (χ4v) is 3.97. The van der Waals surface area contributed by atoms with Gasteiger partial charge in [-0.05, 0) is 38.5 Å². The van der Waals surface area contributed by atoms with Crippen LogP contribution in [0.5, 0.6) is 0 Å². The second kappa shape index (κ2) is 6.54. The van der Waals surface area contributed by atoms with Crippen LogP contribution in [0.1, 0.15) is 31.4 Å². The highest BCUT2D eigenvalue weighted by Crippen LogP contribution is 2.33. The van der Waals surface area contributed by atoms with E-state index in [1.807, 2.05) is 14.0 Å². The van der Waals surface area contributed by atoms with E-state index in [1.54, 1.807) is 16.2 Å². The van der Waals surface area contributed by atoms with Crippen molar-refractivity contribution >= 4 is 22.4 Å². The summed E-state index contributed by atoms with van der Waals surface area (Å²) in [5.74, 6) is 0.702. The molecule has 0 radical (unpaired) electrons. The number of aromatic nitrogens is 1. The lowest BCUT2D eigenvalue weighted by Gasteiger charge is -2.33. The summed E-state index contributed by atoms with van der Waals surface area (Å²) in [5, 5.41) is 13.1. The third-order valence-corrected chi connectivity index (χ3v) is 5.74. The van der Waals surface area contributed by atoms with E-state index in [4.69, 9.17) is 0 Å². The summed E-state index contributed by atoms with van der Waals surface area (Å²) in [4.78, 5) is 21.0. The van der Waals surface area contributed by atoms with Crippen LogP contribution >= 0.6 is 11.3 Å². The van der Waals surface area contributed by atoms with Crippen LogP contribution in [0.15, 0.2) is 5.38 Å². The van der Waals surface area contributed by atoms with Gasteiger partial charge in [-0.25, -0.2) is 4.98 Å². The molecule has 2 heterocycles. The van der Waals surface area contributed by atoms with Gasteiger partial charge < -0.3 is 14.9 Å². The van der Waals surface area contributed by atoms with E-state index in [0.717, 1.165) is 49.6 Å². The first kappa shape index (κ1) is 15.7. The fraction of sp³-hybridized carbons (Fsp3) is 0.750. The summed E-state index contributed by atoms with van der Waals surface area (Å²) in [6.07, 6.45) is 3.62. The molecule has 1 saturated heterocycles. The van der Waals surface area contributed by atoms with Crippen molar-refractivity contribution in [3.63, 3.8) is 0 Å². The van der Waals surface area contributed by atoms with Gasteiger partial charge in [-0.3, -0.25) is 4.79 Å². The number of aliphatic hydroxyl groups excluding tert-OH is 1. The molecule has 0 aromatic carbocycles. The molecular weight excluding hydrogens is 298 g/mol. The van der Waals surface area contributed by atoms with Crippen molar-refractivity contribution in [1.29, 1.82) is 0 Å². The normalized spacial score (nSPS) is 21.0. The van der Waals surface area contributed by atoms with Crippen LogP contribution in [0.2, 0.25) is 0 Å². The quantitative estimate of drug-likeness (QED) is 0.899. The first-order valence-electron chi connectivity index (χ1n) is 8.14. The molecule has 3 rings (SSSR count). The lowest BCUT2D eigenvalue weighted by Crippen LogP contribution is -2.43. The van der Waals surface area contributed by atoms with E-state index >= 15 is 0 Å².